The van der Waals surface area contributed by atoms with Crippen molar-refractivity contribution in [2.24, 2.45) is 0 Å². The van der Waals surface area contributed by atoms with Crippen molar-refractivity contribution in [3.8, 4) is 22.9 Å². The maximum absolute atomic E-state index is 11.8. The Morgan fingerprint density at radius 1 is 1.16 bits per heavy atom. The van der Waals surface area contributed by atoms with E-state index in [0.29, 0.717) is 17.9 Å². The molecule has 0 spiro atoms. The number of aromatic nitrogens is 3. The number of carbonyl (C=O) groups is 1. The fraction of sp³-hybridized carbons (Fsp3) is 0.375. The average molecular weight is 454 g/mol. The molecule has 4 rings (SSSR count). The number of methoxy groups -OCH3 is 2. The molecule has 3 aromatic rings. The second-order valence-electron chi connectivity index (χ2n) is 7.65. The van der Waals surface area contributed by atoms with Crippen molar-refractivity contribution in [3.05, 3.63) is 53.6 Å². The number of benzene rings is 2. The smallest absolute Gasteiger partial charge is 0.191 e. The van der Waals surface area contributed by atoms with Gasteiger partial charge in [0.1, 0.15) is 11.5 Å². The molecule has 1 fully saturated rings. The van der Waals surface area contributed by atoms with E-state index in [1.165, 1.54) is 0 Å². The van der Waals surface area contributed by atoms with E-state index in [9.17, 15) is 4.79 Å². The van der Waals surface area contributed by atoms with Crippen LogP contribution in [0.2, 0.25) is 0 Å². The van der Waals surface area contributed by atoms with Gasteiger partial charge < -0.3 is 14.2 Å². The molecule has 2 heterocycles. The van der Waals surface area contributed by atoms with Crippen LogP contribution in [-0.4, -0.2) is 47.5 Å². The van der Waals surface area contributed by atoms with Crippen LogP contribution in [0.3, 0.4) is 0 Å². The number of hydrogen-bond donors (Lipinski definition) is 0. The molecule has 7 nitrogen and oxygen atoms in total. The van der Waals surface area contributed by atoms with E-state index < -0.39 is 0 Å². The summed E-state index contributed by atoms with van der Waals surface area (Å²) >= 11 is 1.57. The summed E-state index contributed by atoms with van der Waals surface area (Å²) in [6.07, 6.45) is 2.25. The van der Waals surface area contributed by atoms with Crippen molar-refractivity contribution in [1.29, 1.82) is 0 Å². The lowest BCUT2D eigenvalue weighted by Crippen LogP contribution is -2.16. The van der Waals surface area contributed by atoms with Crippen LogP contribution in [0.4, 0.5) is 0 Å². The number of ether oxygens (including phenoxy) is 3. The van der Waals surface area contributed by atoms with Gasteiger partial charge in [0, 0.05) is 29.1 Å². The van der Waals surface area contributed by atoms with Gasteiger partial charge in [-0.2, -0.15) is 0 Å². The normalized spacial score (nSPS) is 15.7. The molecule has 0 N–H and O–H groups in total. The van der Waals surface area contributed by atoms with E-state index in [-0.39, 0.29) is 11.9 Å². The molecular formula is C24H27N3O4S. The summed E-state index contributed by atoms with van der Waals surface area (Å²) in [4.78, 5) is 11.8. The molecule has 0 bridgehead atoms. The predicted octanol–water partition coefficient (Wildman–Crippen LogP) is 4.64. The largest absolute Gasteiger partial charge is 0.497 e. The molecule has 8 heteroatoms. The number of thioether (sulfide) groups is 1. The Kier molecular flexibility index (Phi) is 7.12. The Morgan fingerprint density at radius 2 is 1.97 bits per heavy atom. The second kappa shape index (κ2) is 10.2. The third-order valence-corrected chi connectivity index (χ3v) is 6.53. The topological polar surface area (TPSA) is 75.5 Å². The first-order valence-corrected chi connectivity index (χ1v) is 11.6. The van der Waals surface area contributed by atoms with Crippen LogP contribution in [0.5, 0.6) is 11.5 Å². The van der Waals surface area contributed by atoms with Crippen molar-refractivity contribution in [2.45, 2.75) is 43.3 Å². The first-order valence-electron chi connectivity index (χ1n) is 10.6. The third-order valence-electron chi connectivity index (χ3n) is 5.52. The van der Waals surface area contributed by atoms with Gasteiger partial charge in [-0.05, 0) is 62.2 Å². The summed E-state index contributed by atoms with van der Waals surface area (Å²) in [7, 11) is 3.29. The number of Topliss-reactive ketones (excluding diaryl/α,β-unsaturated/α-hetero) is 1. The van der Waals surface area contributed by atoms with Crippen molar-refractivity contribution in [3.63, 3.8) is 0 Å². The number of rotatable bonds is 9. The van der Waals surface area contributed by atoms with Gasteiger partial charge in [0.25, 0.3) is 0 Å². The Labute approximate surface area is 192 Å². The van der Waals surface area contributed by atoms with Gasteiger partial charge >= 0.3 is 0 Å². The van der Waals surface area contributed by atoms with E-state index in [2.05, 4.69) is 14.8 Å². The lowest BCUT2D eigenvalue weighted by atomic mass is 10.1. The quantitative estimate of drug-likeness (QED) is 0.345. The van der Waals surface area contributed by atoms with Crippen molar-refractivity contribution < 1.29 is 19.0 Å². The minimum Gasteiger partial charge on any atom is -0.497 e. The summed E-state index contributed by atoms with van der Waals surface area (Å²) in [6, 6.07) is 13.3. The summed E-state index contributed by atoms with van der Waals surface area (Å²) < 4.78 is 18.8. The van der Waals surface area contributed by atoms with Gasteiger partial charge in [-0.25, -0.2) is 0 Å². The molecule has 0 amide bonds. The summed E-state index contributed by atoms with van der Waals surface area (Å²) in [5, 5.41) is 9.79. The molecular weight excluding hydrogens is 426 g/mol. The number of ketones is 1. The fourth-order valence-electron chi connectivity index (χ4n) is 3.76. The maximum atomic E-state index is 11.8. The summed E-state index contributed by atoms with van der Waals surface area (Å²) in [6.45, 7) is 3.06. The lowest BCUT2D eigenvalue weighted by Gasteiger charge is -2.15. The van der Waals surface area contributed by atoms with Crippen molar-refractivity contribution in [1.82, 2.24) is 14.8 Å². The van der Waals surface area contributed by atoms with Crippen LogP contribution < -0.4 is 9.47 Å². The van der Waals surface area contributed by atoms with E-state index in [0.717, 1.165) is 53.1 Å². The Bertz CT molecular complexity index is 1080. The third kappa shape index (κ3) is 4.97. The molecule has 1 aliphatic heterocycles. The molecule has 0 aliphatic carbocycles. The zero-order valence-corrected chi connectivity index (χ0v) is 19.4. The van der Waals surface area contributed by atoms with Gasteiger partial charge in [-0.1, -0.05) is 11.8 Å². The van der Waals surface area contributed by atoms with Gasteiger partial charge in [-0.15, -0.1) is 10.2 Å². The molecule has 168 valence electrons. The SMILES string of the molecule is COc1ccc(-c2nnc(SCc3cc(C(C)=O)ccc3OC)n2CC2CCCO2)cc1. The molecule has 1 unspecified atom stereocenters. The minimum atomic E-state index is 0.0299. The van der Waals surface area contributed by atoms with Gasteiger partial charge in [0.05, 0.1) is 26.9 Å². The first kappa shape index (κ1) is 22.4. The van der Waals surface area contributed by atoms with E-state index >= 15 is 0 Å². The van der Waals surface area contributed by atoms with E-state index in [1.807, 2.05) is 36.4 Å². The highest BCUT2D eigenvalue weighted by Crippen LogP contribution is 2.32. The van der Waals surface area contributed by atoms with Crippen LogP contribution in [0.25, 0.3) is 11.4 Å². The zero-order valence-electron chi connectivity index (χ0n) is 18.5. The van der Waals surface area contributed by atoms with Gasteiger partial charge in [0.2, 0.25) is 0 Å². The average Bonchev–Trinajstić information content (AvgIpc) is 3.48. The summed E-state index contributed by atoms with van der Waals surface area (Å²) in [5.41, 5.74) is 2.59. The number of carbonyl (C=O) groups excluding carboxylic acids is 1. The van der Waals surface area contributed by atoms with Crippen LogP contribution >= 0.6 is 11.8 Å². The molecule has 32 heavy (non-hydrogen) atoms. The number of nitrogens with zero attached hydrogens (tertiary/aromatic N) is 3. The van der Waals surface area contributed by atoms with E-state index in [4.69, 9.17) is 14.2 Å². The minimum absolute atomic E-state index is 0.0299. The van der Waals surface area contributed by atoms with E-state index in [1.54, 1.807) is 39.0 Å². The van der Waals surface area contributed by atoms with Gasteiger partial charge in [-0.3, -0.25) is 9.36 Å². The zero-order chi connectivity index (χ0) is 22.5. The maximum Gasteiger partial charge on any atom is 0.191 e. The lowest BCUT2D eigenvalue weighted by molar-refractivity contribution is 0.0953. The highest BCUT2D eigenvalue weighted by molar-refractivity contribution is 7.98. The van der Waals surface area contributed by atoms with Crippen molar-refractivity contribution in [2.75, 3.05) is 20.8 Å². The van der Waals surface area contributed by atoms with Crippen LogP contribution in [0, 0.1) is 0 Å². The molecule has 1 aromatic heterocycles. The van der Waals surface area contributed by atoms with Gasteiger partial charge in [0.15, 0.2) is 16.8 Å². The standard InChI is InChI=1S/C24H27N3O4S/c1-16(28)18-8-11-22(30-3)19(13-18)15-32-24-26-25-23(17-6-9-20(29-2)10-7-17)27(24)14-21-5-4-12-31-21/h6-11,13,21H,4-5,12,14-15H2,1-3H3. The van der Waals surface area contributed by atoms with Crippen LogP contribution in [0.15, 0.2) is 47.6 Å². The fourth-order valence-corrected chi connectivity index (χ4v) is 4.68. The van der Waals surface area contributed by atoms with Crippen molar-refractivity contribution >= 4 is 17.5 Å². The molecule has 0 radical (unpaired) electrons. The first-order chi connectivity index (χ1) is 15.6. The molecule has 0 saturated carbocycles. The molecule has 2 aromatic carbocycles. The Balaban J connectivity index is 1.62. The number of hydrogen-bond acceptors (Lipinski definition) is 7. The Morgan fingerprint density at radius 3 is 2.62 bits per heavy atom. The highest BCUT2D eigenvalue weighted by atomic mass is 32.2. The second-order valence-corrected chi connectivity index (χ2v) is 8.59. The molecule has 1 atom stereocenters. The summed E-state index contributed by atoms with van der Waals surface area (Å²) in [5.74, 6) is 2.99. The highest BCUT2D eigenvalue weighted by Gasteiger charge is 2.22. The van der Waals surface area contributed by atoms with Crippen LogP contribution in [-0.2, 0) is 17.0 Å². The Hall–Kier alpha value is -2.84. The monoisotopic (exact) mass is 453 g/mol. The predicted molar refractivity (Wildman–Crippen MR) is 124 cm³/mol. The van der Waals surface area contributed by atoms with Crippen LogP contribution in [0.1, 0.15) is 35.7 Å². The molecule has 1 aliphatic rings. The molecule has 1 saturated heterocycles.